The maximum absolute atomic E-state index is 13.2. The lowest BCUT2D eigenvalue weighted by molar-refractivity contribution is -0.200. The highest BCUT2D eigenvalue weighted by Gasteiger charge is 2.50. The minimum absolute atomic E-state index is 0.0282. The summed E-state index contributed by atoms with van der Waals surface area (Å²) < 4.78 is 37.3. The molecule has 3 aliphatic carbocycles. The SMILES string of the molecule is COC(=O)C(CCCCOCc1ccccc1)C1=CC2C(C1)C[C@H](OC1CCCCO1)[C@H]2C(=CCC1CCCCC1)OC1CCCCO1. The molecule has 0 bridgehead atoms. The normalized spacial score (nSPS) is 30.4. The van der Waals surface area contributed by atoms with Gasteiger partial charge < -0.3 is 28.4 Å². The Bertz CT molecular complexity index is 1160. The molecule has 2 saturated heterocycles. The molecule has 0 radical (unpaired) electrons. The second kappa shape index (κ2) is 18.7. The highest BCUT2D eigenvalue weighted by Crippen LogP contribution is 2.53. The molecule has 5 unspecified atom stereocenters. The van der Waals surface area contributed by atoms with E-state index < -0.39 is 0 Å². The Morgan fingerprint density at radius 2 is 1.67 bits per heavy atom. The molecule has 48 heavy (non-hydrogen) atoms. The summed E-state index contributed by atoms with van der Waals surface area (Å²) in [6, 6.07) is 10.3. The van der Waals surface area contributed by atoms with E-state index >= 15 is 0 Å². The molecule has 2 saturated carbocycles. The van der Waals surface area contributed by atoms with E-state index in [2.05, 4.69) is 24.3 Å². The van der Waals surface area contributed by atoms with Crippen molar-refractivity contribution in [2.24, 2.45) is 29.6 Å². The summed E-state index contributed by atoms with van der Waals surface area (Å²) in [6.07, 6.45) is 23.1. The Labute approximate surface area is 289 Å². The van der Waals surface area contributed by atoms with Crippen LogP contribution in [0.3, 0.4) is 0 Å². The number of methoxy groups -OCH3 is 1. The van der Waals surface area contributed by atoms with E-state index in [-0.39, 0.29) is 42.4 Å². The van der Waals surface area contributed by atoms with E-state index in [0.29, 0.717) is 19.1 Å². The third-order valence-electron chi connectivity index (χ3n) is 11.5. The van der Waals surface area contributed by atoms with Gasteiger partial charge in [0.1, 0.15) is 5.76 Å². The zero-order valence-electron chi connectivity index (χ0n) is 29.4. The molecule has 1 aromatic carbocycles. The minimum Gasteiger partial charge on any atom is -0.469 e. The number of ether oxygens (including phenoxy) is 6. The van der Waals surface area contributed by atoms with Crippen LogP contribution in [0.1, 0.15) is 115 Å². The lowest BCUT2D eigenvalue weighted by Gasteiger charge is -2.34. The predicted octanol–water partition coefficient (Wildman–Crippen LogP) is 9.05. The van der Waals surface area contributed by atoms with Crippen LogP contribution in [-0.4, -0.2) is 51.6 Å². The Morgan fingerprint density at radius 3 is 2.40 bits per heavy atom. The van der Waals surface area contributed by atoms with E-state index in [1.54, 1.807) is 0 Å². The smallest absolute Gasteiger partial charge is 0.312 e. The number of allylic oxidation sites excluding steroid dienone is 2. The van der Waals surface area contributed by atoms with E-state index in [4.69, 9.17) is 28.4 Å². The van der Waals surface area contributed by atoms with Crippen LogP contribution >= 0.6 is 0 Å². The average Bonchev–Trinajstić information content (AvgIpc) is 3.68. The molecule has 6 rings (SSSR count). The molecular formula is C41H60O7. The van der Waals surface area contributed by atoms with Gasteiger partial charge in [-0.1, -0.05) is 74.1 Å². The van der Waals surface area contributed by atoms with E-state index in [1.165, 1.54) is 50.4 Å². The summed E-state index contributed by atoms with van der Waals surface area (Å²) in [5, 5.41) is 0. The van der Waals surface area contributed by atoms with Crippen molar-refractivity contribution in [2.45, 2.75) is 134 Å². The standard InChI is InChI=1S/C41H60O7/c1-43-41(42)34(18-8-11-23-44-29-31-16-6-3-7-17-31)32-26-33-28-37(48-39-20-10-13-25-46-39)40(35(33)27-32)36(47-38-19-9-12-24-45-38)22-21-30-14-4-2-5-15-30/h3,6-7,16-17,22,27,30,33-35,37-40H,2,4-5,8-15,18-21,23-26,28-29H2,1H3/t33?,34?,35?,37-,38?,39?,40+/m0/s1. The number of unbranched alkanes of at least 4 members (excludes halogenated alkanes) is 1. The van der Waals surface area contributed by atoms with E-state index in [9.17, 15) is 4.79 Å². The van der Waals surface area contributed by atoms with Crippen molar-refractivity contribution in [2.75, 3.05) is 26.9 Å². The van der Waals surface area contributed by atoms with Gasteiger partial charge in [-0.05, 0) is 100 Å². The molecule has 5 aliphatic rings. The summed E-state index contributed by atoms with van der Waals surface area (Å²) >= 11 is 0. The molecular weight excluding hydrogens is 604 g/mol. The molecule has 2 heterocycles. The topological polar surface area (TPSA) is 72.5 Å². The van der Waals surface area contributed by atoms with E-state index in [1.807, 2.05) is 18.2 Å². The second-order valence-corrected chi connectivity index (χ2v) is 14.9. The molecule has 266 valence electrons. The molecule has 1 aromatic rings. The molecule has 7 heteroatoms. The summed E-state index contributed by atoms with van der Waals surface area (Å²) in [5.74, 6) is 2.21. The first kappa shape index (κ1) is 35.6. The van der Waals surface area contributed by atoms with Crippen molar-refractivity contribution in [3.05, 3.63) is 59.4 Å². The summed E-state index contributed by atoms with van der Waals surface area (Å²) in [7, 11) is 1.52. The predicted molar refractivity (Wildman–Crippen MR) is 186 cm³/mol. The Hall–Kier alpha value is -2.19. The number of esters is 1. The molecule has 7 atom stereocenters. The molecule has 4 fully saturated rings. The summed E-state index contributed by atoms with van der Waals surface area (Å²) in [4.78, 5) is 13.2. The van der Waals surface area contributed by atoms with Crippen LogP contribution in [0.5, 0.6) is 0 Å². The number of hydrogen-bond acceptors (Lipinski definition) is 7. The third-order valence-corrected chi connectivity index (χ3v) is 11.5. The number of carbonyl (C=O) groups excluding carboxylic acids is 1. The van der Waals surface area contributed by atoms with Gasteiger partial charge in [0.25, 0.3) is 0 Å². The highest BCUT2D eigenvalue weighted by molar-refractivity contribution is 5.76. The van der Waals surface area contributed by atoms with Crippen LogP contribution in [0.15, 0.2) is 53.8 Å². The molecule has 7 nitrogen and oxygen atoms in total. The molecule has 0 spiro atoms. The fourth-order valence-corrected chi connectivity index (χ4v) is 8.84. The molecule has 0 amide bonds. The number of fused-ring (bicyclic) bond motifs is 1. The first-order valence-electron chi connectivity index (χ1n) is 19.3. The fourth-order valence-electron chi connectivity index (χ4n) is 8.84. The minimum atomic E-state index is -0.214. The monoisotopic (exact) mass is 664 g/mol. The van der Waals surface area contributed by atoms with Crippen LogP contribution in [0, 0.1) is 29.6 Å². The first-order chi connectivity index (χ1) is 23.7. The maximum Gasteiger partial charge on any atom is 0.312 e. The summed E-state index contributed by atoms with van der Waals surface area (Å²) in [6.45, 7) is 2.84. The van der Waals surface area contributed by atoms with Crippen molar-refractivity contribution in [3.63, 3.8) is 0 Å². The van der Waals surface area contributed by atoms with Gasteiger partial charge in [-0.25, -0.2) is 0 Å². The lowest BCUT2D eigenvalue weighted by atomic mass is 9.85. The van der Waals surface area contributed by atoms with Gasteiger partial charge in [-0.2, -0.15) is 0 Å². The quantitative estimate of drug-likeness (QED) is 0.0756. The molecule has 0 aromatic heterocycles. The number of benzene rings is 1. The molecule has 0 N–H and O–H groups in total. The van der Waals surface area contributed by atoms with Crippen LogP contribution in [0.2, 0.25) is 0 Å². The zero-order valence-corrected chi connectivity index (χ0v) is 29.4. The van der Waals surface area contributed by atoms with Gasteiger partial charge in [-0.3, -0.25) is 4.79 Å². The van der Waals surface area contributed by atoms with Gasteiger partial charge in [0.2, 0.25) is 0 Å². The van der Waals surface area contributed by atoms with Crippen LogP contribution < -0.4 is 0 Å². The Kier molecular flexibility index (Phi) is 13.9. The highest BCUT2D eigenvalue weighted by atomic mass is 16.7. The van der Waals surface area contributed by atoms with Crippen LogP contribution in [0.4, 0.5) is 0 Å². The third kappa shape index (κ3) is 9.95. The van der Waals surface area contributed by atoms with Crippen molar-refractivity contribution in [3.8, 4) is 0 Å². The van der Waals surface area contributed by atoms with Gasteiger partial charge in [0.15, 0.2) is 12.6 Å². The number of carbonyl (C=O) groups is 1. The number of rotatable bonds is 16. The van der Waals surface area contributed by atoms with E-state index in [0.717, 1.165) is 102 Å². The second-order valence-electron chi connectivity index (χ2n) is 14.9. The first-order valence-corrected chi connectivity index (χ1v) is 19.3. The van der Waals surface area contributed by atoms with Gasteiger partial charge >= 0.3 is 5.97 Å². The lowest BCUT2D eigenvalue weighted by Crippen LogP contribution is -2.34. The van der Waals surface area contributed by atoms with Gasteiger partial charge in [0.05, 0.1) is 32.3 Å². The van der Waals surface area contributed by atoms with Gasteiger partial charge in [0, 0.05) is 25.6 Å². The molecule has 2 aliphatic heterocycles. The van der Waals surface area contributed by atoms with Crippen LogP contribution in [0.25, 0.3) is 0 Å². The maximum atomic E-state index is 13.2. The summed E-state index contributed by atoms with van der Waals surface area (Å²) in [5.41, 5.74) is 2.42. The van der Waals surface area contributed by atoms with Crippen molar-refractivity contribution in [1.82, 2.24) is 0 Å². The van der Waals surface area contributed by atoms with Crippen molar-refractivity contribution < 1.29 is 33.2 Å². The van der Waals surface area contributed by atoms with Crippen LogP contribution in [-0.2, 0) is 39.8 Å². The van der Waals surface area contributed by atoms with Crippen molar-refractivity contribution in [1.29, 1.82) is 0 Å². The van der Waals surface area contributed by atoms with Crippen molar-refractivity contribution >= 4 is 5.97 Å². The average molecular weight is 665 g/mol. The number of hydrogen-bond donors (Lipinski definition) is 0. The fraction of sp³-hybridized carbons (Fsp3) is 0.732. The zero-order chi connectivity index (χ0) is 33.0. The largest absolute Gasteiger partial charge is 0.469 e. The Morgan fingerprint density at radius 1 is 0.917 bits per heavy atom. The van der Waals surface area contributed by atoms with Gasteiger partial charge in [-0.15, -0.1) is 0 Å². The Balaban J connectivity index is 1.17.